The molecule has 2 N–H and O–H groups in total. The van der Waals surface area contributed by atoms with Crippen molar-refractivity contribution in [2.45, 2.75) is 32.6 Å². The number of aliphatic hydroxyl groups excluding tert-OH is 1. The van der Waals surface area contributed by atoms with Crippen molar-refractivity contribution < 1.29 is 14.2 Å². The number of benzene rings is 1. The van der Waals surface area contributed by atoms with Crippen LogP contribution in [0.15, 0.2) is 18.2 Å². The van der Waals surface area contributed by atoms with Crippen LogP contribution in [-0.2, 0) is 11.3 Å². The minimum atomic E-state index is -0.259. The molecule has 20 heavy (non-hydrogen) atoms. The molecule has 0 spiro atoms. The van der Waals surface area contributed by atoms with E-state index in [-0.39, 0.29) is 24.6 Å². The molecule has 0 saturated carbocycles. The topological polar surface area (TPSA) is 44.7 Å². The van der Waals surface area contributed by atoms with Crippen molar-refractivity contribution in [3.8, 4) is 0 Å². The predicted octanol–water partition coefficient (Wildman–Crippen LogP) is 1.52. The number of nitrogens with zero attached hydrogens (tertiary/aromatic N) is 1. The van der Waals surface area contributed by atoms with Crippen molar-refractivity contribution in [2.24, 2.45) is 0 Å². The fraction of sp³-hybridized carbons (Fsp3) is 0.600. The third-order valence-electron chi connectivity index (χ3n) is 3.48. The Labute approximate surface area is 119 Å². The normalized spacial score (nSPS) is 23.1. The fourth-order valence-electron chi connectivity index (χ4n) is 2.65. The molecule has 2 unspecified atom stereocenters. The second kappa shape index (κ2) is 7.02. The van der Waals surface area contributed by atoms with Crippen LogP contribution in [0.2, 0.25) is 0 Å². The van der Waals surface area contributed by atoms with Crippen LogP contribution in [-0.4, -0.2) is 43.6 Å². The molecule has 112 valence electrons. The van der Waals surface area contributed by atoms with E-state index in [1.807, 2.05) is 24.8 Å². The molecule has 5 heteroatoms. The van der Waals surface area contributed by atoms with Crippen LogP contribution >= 0.6 is 0 Å². The van der Waals surface area contributed by atoms with E-state index in [4.69, 9.17) is 4.74 Å². The number of morpholine rings is 1. The lowest BCUT2D eigenvalue weighted by Crippen LogP contribution is -2.48. The zero-order valence-electron chi connectivity index (χ0n) is 12.1. The van der Waals surface area contributed by atoms with Gasteiger partial charge in [0.2, 0.25) is 0 Å². The lowest BCUT2D eigenvalue weighted by molar-refractivity contribution is -0.0422. The van der Waals surface area contributed by atoms with E-state index in [0.29, 0.717) is 25.3 Å². The average Bonchev–Trinajstić information content (AvgIpc) is 2.44. The lowest BCUT2D eigenvalue weighted by Gasteiger charge is -2.38. The van der Waals surface area contributed by atoms with Gasteiger partial charge in [-0.25, -0.2) is 4.39 Å². The lowest BCUT2D eigenvalue weighted by atomic mass is 10.1. The Kier molecular flexibility index (Phi) is 5.34. The number of aliphatic hydroxyl groups is 1. The van der Waals surface area contributed by atoms with E-state index in [9.17, 15) is 9.50 Å². The summed E-state index contributed by atoms with van der Waals surface area (Å²) in [5.74, 6) is -0.216. The Morgan fingerprint density at radius 3 is 2.95 bits per heavy atom. The van der Waals surface area contributed by atoms with Gasteiger partial charge in [0.1, 0.15) is 5.82 Å². The summed E-state index contributed by atoms with van der Waals surface area (Å²) in [6.07, 6.45) is -0.280. The number of halogens is 1. The Hall–Kier alpha value is -1.17. The maximum absolute atomic E-state index is 14.2. The molecule has 4 nitrogen and oxygen atoms in total. The second-order valence-electron chi connectivity index (χ2n) is 5.18. The number of hydrogen-bond acceptors (Lipinski definition) is 4. The van der Waals surface area contributed by atoms with Gasteiger partial charge >= 0.3 is 0 Å². The molecule has 0 bridgehead atoms. The molecule has 1 aliphatic heterocycles. The molecule has 0 aromatic heterocycles. The summed E-state index contributed by atoms with van der Waals surface area (Å²) < 4.78 is 19.9. The third-order valence-corrected chi connectivity index (χ3v) is 3.48. The fourth-order valence-corrected chi connectivity index (χ4v) is 2.65. The van der Waals surface area contributed by atoms with E-state index in [2.05, 4.69) is 5.32 Å². The van der Waals surface area contributed by atoms with E-state index in [1.165, 1.54) is 6.07 Å². The summed E-state index contributed by atoms with van der Waals surface area (Å²) in [5, 5.41) is 12.5. The Morgan fingerprint density at radius 2 is 2.25 bits per heavy atom. The molecular formula is C15H23FN2O2. The van der Waals surface area contributed by atoms with Crippen LogP contribution in [0.3, 0.4) is 0 Å². The quantitative estimate of drug-likeness (QED) is 0.859. The standard InChI is InChI=1S/C15H23FN2O2/c1-3-17-7-12-5-4-6-14(16)15(12)18-8-11(2)20-13(9-18)10-19/h4-6,11,13,17,19H,3,7-10H2,1-2H3. The smallest absolute Gasteiger partial charge is 0.146 e. The SMILES string of the molecule is CCNCc1cccc(F)c1N1CC(C)OC(CO)C1. The molecule has 1 aromatic carbocycles. The van der Waals surface area contributed by atoms with Gasteiger partial charge in [0.25, 0.3) is 0 Å². The monoisotopic (exact) mass is 282 g/mol. The van der Waals surface area contributed by atoms with Gasteiger partial charge in [-0.2, -0.15) is 0 Å². The zero-order chi connectivity index (χ0) is 14.5. The number of rotatable bonds is 5. The Morgan fingerprint density at radius 1 is 1.45 bits per heavy atom. The minimum Gasteiger partial charge on any atom is -0.394 e. The molecule has 0 amide bonds. The largest absolute Gasteiger partial charge is 0.394 e. The highest BCUT2D eigenvalue weighted by Gasteiger charge is 2.27. The maximum Gasteiger partial charge on any atom is 0.146 e. The highest BCUT2D eigenvalue weighted by molar-refractivity contribution is 5.55. The van der Waals surface area contributed by atoms with E-state index in [0.717, 1.165) is 12.1 Å². The minimum absolute atomic E-state index is 0.0208. The summed E-state index contributed by atoms with van der Waals surface area (Å²) in [4.78, 5) is 1.98. The van der Waals surface area contributed by atoms with Crippen molar-refractivity contribution in [2.75, 3.05) is 31.1 Å². The summed E-state index contributed by atoms with van der Waals surface area (Å²) >= 11 is 0. The van der Waals surface area contributed by atoms with Gasteiger partial charge in [0, 0.05) is 19.6 Å². The van der Waals surface area contributed by atoms with Crippen LogP contribution in [0.25, 0.3) is 0 Å². The van der Waals surface area contributed by atoms with Crippen LogP contribution in [0, 0.1) is 5.82 Å². The summed E-state index contributed by atoms with van der Waals surface area (Å²) in [7, 11) is 0. The molecule has 2 rings (SSSR count). The van der Waals surface area contributed by atoms with E-state index in [1.54, 1.807) is 6.07 Å². The molecule has 0 radical (unpaired) electrons. The predicted molar refractivity (Wildman–Crippen MR) is 77.4 cm³/mol. The van der Waals surface area contributed by atoms with Crippen molar-refractivity contribution >= 4 is 5.69 Å². The number of ether oxygens (including phenoxy) is 1. The molecule has 1 heterocycles. The van der Waals surface area contributed by atoms with Gasteiger partial charge < -0.3 is 20.1 Å². The zero-order valence-corrected chi connectivity index (χ0v) is 12.1. The summed E-state index contributed by atoms with van der Waals surface area (Å²) in [6.45, 7) is 6.56. The van der Waals surface area contributed by atoms with Crippen LogP contribution in [0.5, 0.6) is 0 Å². The van der Waals surface area contributed by atoms with Crippen LogP contribution in [0.1, 0.15) is 19.4 Å². The van der Waals surface area contributed by atoms with Gasteiger partial charge in [0.15, 0.2) is 0 Å². The van der Waals surface area contributed by atoms with Gasteiger partial charge in [-0.3, -0.25) is 0 Å². The number of nitrogens with one attached hydrogen (secondary N) is 1. The Balaban J connectivity index is 2.25. The van der Waals surface area contributed by atoms with Gasteiger partial charge in [0.05, 0.1) is 24.5 Å². The highest BCUT2D eigenvalue weighted by atomic mass is 19.1. The first-order valence-electron chi connectivity index (χ1n) is 7.15. The van der Waals surface area contributed by atoms with Crippen molar-refractivity contribution in [1.29, 1.82) is 0 Å². The van der Waals surface area contributed by atoms with Crippen molar-refractivity contribution in [1.82, 2.24) is 5.32 Å². The summed E-state index contributed by atoms with van der Waals surface area (Å²) in [6, 6.07) is 5.16. The van der Waals surface area contributed by atoms with Gasteiger partial charge in [-0.15, -0.1) is 0 Å². The van der Waals surface area contributed by atoms with Crippen molar-refractivity contribution in [3.63, 3.8) is 0 Å². The number of hydrogen-bond donors (Lipinski definition) is 2. The first-order valence-corrected chi connectivity index (χ1v) is 7.15. The molecule has 1 fully saturated rings. The van der Waals surface area contributed by atoms with Crippen LogP contribution in [0.4, 0.5) is 10.1 Å². The Bertz CT molecular complexity index is 442. The van der Waals surface area contributed by atoms with Gasteiger partial charge in [-0.05, 0) is 25.1 Å². The molecular weight excluding hydrogens is 259 g/mol. The first kappa shape index (κ1) is 15.2. The average molecular weight is 282 g/mol. The highest BCUT2D eigenvalue weighted by Crippen LogP contribution is 2.27. The van der Waals surface area contributed by atoms with E-state index >= 15 is 0 Å². The van der Waals surface area contributed by atoms with Crippen LogP contribution < -0.4 is 10.2 Å². The second-order valence-corrected chi connectivity index (χ2v) is 5.18. The summed E-state index contributed by atoms with van der Waals surface area (Å²) in [5.41, 5.74) is 1.57. The molecule has 1 aliphatic rings. The number of para-hydroxylation sites is 1. The van der Waals surface area contributed by atoms with Crippen molar-refractivity contribution in [3.05, 3.63) is 29.6 Å². The number of anilines is 1. The first-order chi connectivity index (χ1) is 9.65. The molecule has 1 saturated heterocycles. The molecule has 0 aliphatic carbocycles. The van der Waals surface area contributed by atoms with Gasteiger partial charge in [-0.1, -0.05) is 19.1 Å². The van der Waals surface area contributed by atoms with E-state index < -0.39 is 0 Å². The molecule has 1 aromatic rings. The maximum atomic E-state index is 14.2. The molecule has 2 atom stereocenters. The third kappa shape index (κ3) is 3.48.